The van der Waals surface area contributed by atoms with Crippen molar-refractivity contribution in [2.75, 3.05) is 26.7 Å². The van der Waals surface area contributed by atoms with Crippen LogP contribution in [0.25, 0.3) is 0 Å². The maximum atomic E-state index is 12.4. The SMILES string of the molecule is CCN(C(=O)CNCC1CC1)C(C)Cc1ccc(OC)cc1.Cl. The van der Waals surface area contributed by atoms with E-state index >= 15 is 0 Å². The van der Waals surface area contributed by atoms with E-state index in [1.165, 1.54) is 18.4 Å². The van der Waals surface area contributed by atoms with Crippen molar-refractivity contribution < 1.29 is 9.53 Å². The number of benzene rings is 1. The molecule has 0 aliphatic heterocycles. The van der Waals surface area contributed by atoms with Gasteiger partial charge in [0.2, 0.25) is 5.91 Å². The fourth-order valence-electron chi connectivity index (χ4n) is 2.75. The summed E-state index contributed by atoms with van der Waals surface area (Å²) < 4.78 is 5.18. The summed E-state index contributed by atoms with van der Waals surface area (Å²) in [5.74, 6) is 1.87. The Bertz CT molecular complexity index is 474. The molecule has 130 valence electrons. The van der Waals surface area contributed by atoms with Crippen LogP contribution in [-0.4, -0.2) is 43.6 Å². The van der Waals surface area contributed by atoms with E-state index in [0.29, 0.717) is 6.54 Å². The van der Waals surface area contributed by atoms with E-state index in [1.54, 1.807) is 7.11 Å². The van der Waals surface area contributed by atoms with Crippen LogP contribution in [0.2, 0.25) is 0 Å². The summed E-state index contributed by atoms with van der Waals surface area (Å²) in [5.41, 5.74) is 1.23. The lowest BCUT2D eigenvalue weighted by atomic mass is 10.1. The van der Waals surface area contributed by atoms with Gasteiger partial charge >= 0.3 is 0 Å². The number of rotatable bonds is 9. The second-order valence-electron chi connectivity index (χ2n) is 6.16. The highest BCUT2D eigenvalue weighted by Crippen LogP contribution is 2.27. The first kappa shape index (κ1) is 19.8. The van der Waals surface area contributed by atoms with Crippen molar-refractivity contribution in [3.8, 4) is 5.75 Å². The van der Waals surface area contributed by atoms with Crippen molar-refractivity contribution in [1.82, 2.24) is 10.2 Å². The molecule has 1 aliphatic rings. The van der Waals surface area contributed by atoms with Crippen LogP contribution in [0.4, 0.5) is 0 Å². The first-order valence-electron chi connectivity index (χ1n) is 8.27. The van der Waals surface area contributed by atoms with Gasteiger partial charge in [0.25, 0.3) is 0 Å². The predicted octanol–water partition coefficient (Wildman–Crippen LogP) is 2.90. The van der Waals surface area contributed by atoms with E-state index in [9.17, 15) is 4.79 Å². The highest BCUT2D eigenvalue weighted by molar-refractivity contribution is 5.85. The molecule has 23 heavy (non-hydrogen) atoms. The van der Waals surface area contributed by atoms with Crippen molar-refractivity contribution in [3.63, 3.8) is 0 Å². The van der Waals surface area contributed by atoms with Gasteiger partial charge in [0.1, 0.15) is 5.75 Å². The normalized spacial score (nSPS) is 14.7. The van der Waals surface area contributed by atoms with E-state index < -0.39 is 0 Å². The summed E-state index contributed by atoms with van der Waals surface area (Å²) in [6, 6.07) is 8.28. The van der Waals surface area contributed by atoms with Gasteiger partial charge in [-0.15, -0.1) is 12.4 Å². The fourth-order valence-corrected chi connectivity index (χ4v) is 2.75. The maximum Gasteiger partial charge on any atom is 0.236 e. The van der Waals surface area contributed by atoms with Gasteiger partial charge in [-0.05, 0) is 63.3 Å². The number of halogens is 1. The van der Waals surface area contributed by atoms with Gasteiger partial charge in [0.05, 0.1) is 13.7 Å². The molecule has 1 fully saturated rings. The van der Waals surface area contributed by atoms with Gasteiger partial charge < -0.3 is 15.0 Å². The lowest BCUT2D eigenvalue weighted by molar-refractivity contribution is -0.132. The van der Waals surface area contributed by atoms with Crippen LogP contribution in [0.5, 0.6) is 5.75 Å². The molecule has 0 spiro atoms. The second kappa shape index (κ2) is 9.78. The first-order chi connectivity index (χ1) is 10.6. The molecular formula is C18H29ClN2O2. The summed E-state index contributed by atoms with van der Waals surface area (Å²) in [6.07, 6.45) is 3.49. The van der Waals surface area contributed by atoms with Crippen LogP contribution >= 0.6 is 12.4 Å². The van der Waals surface area contributed by atoms with Crippen LogP contribution < -0.4 is 10.1 Å². The lowest BCUT2D eigenvalue weighted by Crippen LogP contribution is -2.44. The van der Waals surface area contributed by atoms with E-state index in [1.807, 2.05) is 24.0 Å². The molecule has 2 rings (SSSR count). The van der Waals surface area contributed by atoms with E-state index in [2.05, 4.69) is 24.4 Å². The minimum Gasteiger partial charge on any atom is -0.497 e. The number of likely N-dealkylation sites (N-methyl/N-ethyl adjacent to an activating group) is 1. The molecular weight excluding hydrogens is 312 g/mol. The molecule has 1 N–H and O–H groups in total. The summed E-state index contributed by atoms with van der Waals surface area (Å²) >= 11 is 0. The predicted molar refractivity (Wildman–Crippen MR) is 96.4 cm³/mol. The average molecular weight is 341 g/mol. The molecule has 0 aromatic heterocycles. The zero-order valence-electron chi connectivity index (χ0n) is 14.4. The molecule has 0 heterocycles. The summed E-state index contributed by atoms with van der Waals surface area (Å²) in [4.78, 5) is 14.3. The molecule has 1 saturated carbocycles. The Kier molecular flexibility index (Phi) is 8.42. The molecule has 0 saturated heterocycles. The summed E-state index contributed by atoms with van der Waals surface area (Å²) in [5, 5.41) is 3.29. The van der Waals surface area contributed by atoms with Crippen molar-refractivity contribution in [2.45, 2.75) is 39.2 Å². The molecule has 5 heteroatoms. The number of carbonyl (C=O) groups excluding carboxylic acids is 1. The third kappa shape index (κ3) is 6.40. The van der Waals surface area contributed by atoms with Gasteiger partial charge in [0.15, 0.2) is 0 Å². The number of methoxy groups -OCH3 is 1. The number of carbonyl (C=O) groups is 1. The summed E-state index contributed by atoms with van der Waals surface area (Å²) in [7, 11) is 1.67. The quantitative estimate of drug-likeness (QED) is 0.751. The van der Waals surface area contributed by atoms with Crippen LogP contribution in [0.1, 0.15) is 32.3 Å². The number of ether oxygens (including phenoxy) is 1. The van der Waals surface area contributed by atoms with Gasteiger partial charge in [-0.1, -0.05) is 12.1 Å². The minimum absolute atomic E-state index is 0. The number of hydrogen-bond acceptors (Lipinski definition) is 3. The Hall–Kier alpha value is -1.26. The highest BCUT2D eigenvalue weighted by atomic mass is 35.5. The van der Waals surface area contributed by atoms with Crippen molar-refractivity contribution in [1.29, 1.82) is 0 Å². The Balaban J connectivity index is 0.00000264. The highest BCUT2D eigenvalue weighted by Gasteiger charge is 2.22. The zero-order chi connectivity index (χ0) is 15.9. The molecule has 0 radical (unpaired) electrons. The number of nitrogens with one attached hydrogen (secondary N) is 1. The Labute approximate surface area is 146 Å². The molecule has 1 atom stereocenters. The van der Waals surface area contributed by atoms with Crippen molar-refractivity contribution in [2.24, 2.45) is 5.92 Å². The molecule has 1 aliphatic carbocycles. The molecule has 1 unspecified atom stereocenters. The lowest BCUT2D eigenvalue weighted by Gasteiger charge is -2.28. The van der Waals surface area contributed by atoms with Crippen LogP contribution in [0.15, 0.2) is 24.3 Å². The Morgan fingerprint density at radius 2 is 2.00 bits per heavy atom. The molecule has 1 amide bonds. The zero-order valence-corrected chi connectivity index (χ0v) is 15.2. The Morgan fingerprint density at radius 3 is 2.52 bits per heavy atom. The van der Waals surface area contributed by atoms with Gasteiger partial charge in [-0.2, -0.15) is 0 Å². The van der Waals surface area contributed by atoms with Crippen LogP contribution in [0, 0.1) is 5.92 Å². The van der Waals surface area contributed by atoms with Crippen molar-refractivity contribution in [3.05, 3.63) is 29.8 Å². The minimum atomic E-state index is 0. The van der Waals surface area contributed by atoms with E-state index in [-0.39, 0.29) is 24.4 Å². The van der Waals surface area contributed by atoms with E-state index in [4.69, 9.17) is 4.74 Å². The maximum absolute atomic E-state index is 12.4. The number of amides is 1. The third-order valence-electron chi connectivity index (χ3n) is 4.29. The number of nitrogens with zero attached hydrogens (tertiary/aromatic N) is 1. The van der Waals surface area contributed by atoms with Gasteiger partial charge in [-0.25, -0.2) is 0 Å². The topological polar surface area (TPSA) is 41.6 Å². The standard InChI is InChI=1S/C18H28N2O2.ClH/c1-4-20(18(21)13-19-12-16-5-6-16)14(2)11-15-7-9-17(22-3)10-8-15;/h7-10,14,16,19H,4-6,11-13H2,1-3H3;1H. The molecule has 1 aromatic rings. The smallest absolute Gasteiger partial charge is 0.236 e. The van der Waals surface area contributed by atoms with E-state index in [0.717, 1.165) is 31.2 Å². The van der Waals surface area contributed by atoms with Crippen LogP contribution in [0.3, 0.4) is 0 Å². The fraction of sp³-hybridized carbons (Fsp3) is 0.611. The average Bonchev–Trinajstić information content (AvgIpc) is 3.33. The van der Waals surface area contributed by atoms with Gasteiger partial charge in [-0.3, -0.25) is 4.79 Å². The summed E-state index contributed by atoms with van der Waals surface area (Å²) in [6.45, 7) is 6.35. The third-order valence-corrected chi connectivity index (χ3v) is 4.29. The van der Waals surface area contributed by atoms with Crippen LogP contribution in [-0.2, 0) is 11.2 Å². The Morgan fingerprint density at radius 1 is 1.35 bits per heavy atom. The second-order valence-corrected chi connectivity index (χ2v) is 6.16. The monoisotopic (exact) mass is 340 g/mol. The molecule has 0 bridgehead atoms. The first-order valence-corrected chi connectivity index (χ1v) is 8.27. The number of hydrogen-bond donors (Lipinski definition) is 1. The molecule has 1 aromatic carbocycles. The van der Waals surface area contributed by atoms with Crippen molar-refractivity contribution >= 4 is 18.3 Å². The largest absolute Gasteiger partial charge is 0.497 e. The van der Waals surface area contributed by atoms with Gasteiger partial charge in [0, 0.05) is 12.6 Å². The molecule has 4 nitrogen and oxygen atoms in total.